The van der Waals surface area contributed by atoms with Gasteiger partial charge in [0.2, 0.25) is 0 Å². The number of anilines is 1. The van der Waals surface area contributed by atoms with E-state index >= 15 is 0 Å². The Bertz CT molecular complexity index is 658. The van der Waals surface area contributed by atoms with Gasteiger partial charge < -0.3 is 15.5 Å². The fourth-order valence-corrected chi connectivity index (χ4v) is 1.71. The number of nitrogens with zero attached hydrogens (tertiary/aromatic N) is 1. The summed E-state index contributed by atoms with van der Waals surface area (Å²) >= 11 is 5.96. The van der Waals surface area contributed by atoms with E-state index in [4.69, 9.17) is 27.0 Å². The fourth-order valence-electron chi connectivity index (χ4n) is 1.48. The van der Waals surface area contributed by atoms with E-state index in [1.165, 1.54) is 12.1 Å². The van der Waals surface area contributed by atoms with Crippen LogP contribution in [0.3, 0.4) is 0 Å². The molecule has 0 saturated carbocycles. The molecule has 2 rings (SSSR count). The van der Waals surface area contributed by atoms with Crippen LogP contribution in [-0.2, 0) is 6.54 Å². The molecule has 0 aliphatic rings. The lowest BCUT2D eigenvalue weighted by Gasteiger charge is -2.05. The van der Waals surface area contributed by atoms with Gasteiger partial charge in [-0.1, -0.05) is 11.6 Å². The van der Waals surface area contributed by atoms with Crippen molar-refractivity contribution < 1.29 is 9.21 Å². The molecule has 0 aliphatic heterocycles. The number of amides is 1. The highest BCUT2D eigenvalue weighted by Crippen LogP contribution is 2.23. The predicted octanol–water partition coefficient (Wildman–Crippen LogP) is 2.52. The number of carbonyl (C=O) groups is 1. The molecule has 0 radical (unpaired) electrons. The zero-order valence-electron chi connectivity index (χ0n) is 9.81. The van der Waals surface area contributed by atoms with Crippen LogP contribution in [-0.4, -0.2) is 5.91 Å². The summed E-state index contributed by atoms with van der Waals surface area (Å²) in [6.45, 7) is 0.227. The molecule has 1 heterocycles. The van der Waals surface area contributed by atoms with E-state index in [1.54, 1.807) is 18.2 Å². The first-order valence-electron chi connectivity index (χ1n) is 5.44. The molecule has 0 atom stereocenters. The largest absolute Gasteiger partial charge is 0.455 e. The third-order valence-electron chi connectivity index (χ3n) is 2.43. The van der Waals surface area contributed by atoms with Crippen molar-refractivity contribution in [1.82, 2.24) is 0 Å². The number of nitrogens with two attached hydrogens (primary N) is 1. The van der Waals surface area contributed by atoms with Crippen LogP contribution in [0.25, 0.3) is 0 Å². The van der Waals surface area contributed by atoms with Crippen LogP contribution < -0.4 is 11.1 Å². The third kappa shape index (κ3) is 2.94. The van der Waals surface area contributed by atoms with Crippen LogP contribution in [0, 0.1) is 11.3 Å². The van der Waals surface area contributed by atoms with E-state index in [0.717, 1.165) is 0 Å². The Hall–Kier alpha value is -2.29. The first kappa shape index (κ1) is 13.1. The lowest BCUT2D eigenvalue weighted by Crippen LogP contribution is -2.11. The van der Waals surface area contributed by atoms with E-state index in [0.29, 0.717) is 17.0 Å². The number of halogens is 1. The summed E-state index contributed by atoms with van der Waals surface area (Å²) in [5, 5.41) is 11.6. The van der Waals surface area contributed by atoms with Crippen LogP contribution in [0.4, 0.5) is 5.69 Å². The van der Waals surface area contributed by atoms with Gasteiger partial charge in [0.05, 0.1) is 28.9 Å². The maximum atomic E-state index is 11.9. The number of hydrogen-bond acceptors (Lipinski definition) is 4. The number of benzene rings is 1. The van der Waals surface area contributed by atoms with Gasteiger partial charge in [0.1, 0.15) is 5.76 Å². The molecule has 1 aromatic carbocycles. The molecule has 2 aromatic rings. The smallest absolute Gasteiger partial charge is 0.291 e. The second kappa shape index (κ2) is 5.57. The Morgan fingerprint density at radius 1 is 1.42 bits per heavy atom. The Kier molecular flexibility index (Phi) is 3.85. The molecule has 1 aromatic heterocycles. The molecule has 3 N–H and O–H groups in total. The fraction of sp³-hybridized carbons (Fsp3) is 0.0769. The van der Waals surface area contributed by atoms with E-state index in [2.05, 4.69) is 5.32 Å². The van der Waals surface area contributed by atoms with Gasteiger partial charge in [0, 0.05) is 0 Å². The highest BCUT2D eigenvalue weighted by molar-refractivity contribution is 6.34. The highest BCUT2D eigenvalue weighted by Gasteiger charge is 2.12. The molecule has 0 unspecified atom stereocenters. The van der Waals surface area contributed by atoms with Gasteiger partial charge in [-0.15, -0.1) is 0 Å². The lowest BCUT2D eigenvalue weighted by atomic mass is 10.2. The number of rotatable bonds is 3. The first-order valence-corrected chi connectivity index (χ1v) is 5.81. The minimum absolute atomic E-state index is 0.154. The highest BCUT2D eigenvalue weighted by atomic mass is 35.5. The summed E-state index contributed by atoms with van der Waals surface area (Å²) in [7, 11) is 0. The molecular weight excluding hydrogens is 266 g/mol. The van der Waals surface area contributed by atoms with E-state index < -0.39 is 5.91 Å². The van der Waals surface area contributed by atoms with Crippen molar-refractivity contribution in [1.29, 1.82) is 5.26 Å². The predicted molar refractivity (Wildman–Crippen MR) is 70.7 cm³/mol. The molecular formula is C13H10ClN3O2. The summed E-state index contributed by atoms with van der Waals surface area (Å²) in [4.78, 5) is 11.9. The molecule has 6 heteroatoms. The molecule has 5 nitrogen and oxygen atoms in total. The Labute approximate surface area is 114 Å². The average molecular weight is 276 g/mol. The lowest BCUT2D eigenvalue weighted by molar-refractivity contribution is 0.0995. The molecule has 0 aliphatic carbocycles. The maximum absolute atomic E-state index is 11.9. The summed E-state index contributed by atoms with van der Waals surface area (Å²) in [6.07, 6.45) is 0. The second-order valence-electron chi connectivity index (χ2n) is 3.73. The van der Waals surface area contributed by atoms with Crippen molar-refractivity contribution in [2.45, 2.75) is 6.54 Å². The number of nitriles is 1. The number of furan rings is 1. The molecule has 1 amide bonds. The van der Waals surface area contributed by atoms with Crippen molar-refractivity contribution in [2.75, 3.05) is 5.32 Å². The molecule has 0 bridgehead atoms. The second-order valence-corrected chi connectivity index (χ2v) is 4.14. The zero-order chi connectivity index (χ0) is 13.8. The van der Waals surface area contributed by atoms with Crippen molar-refractivity contribution in [3.63, 3.8) is 0 Å². The SMILES string of the molecule is N#Cc1ccc(NC(=O)c2ccc(CN)o2)c(Cl)c1. The van der Waals surface area contributed by atoms with Crippen molar-refractivity contribution in [2.24, 2.45) is 5.73 Å². The van der Waals surface area contributed by atoms with Gasteiger partial charge in [-0.25, -0.2) is 0 Å². The maximum Gasteiger partial charge on any atom is 0.291 e. The van der Waals surface area contributed by atoms with Crippen LogP contribution in [0.2, 0.25) is 5.02 Å². The van der Waals surface area contributed by atoms with Gasteiger partial charge in [-0.05, 0) is 30.3 Å². The Balaban J connectivity index is 2.17. The number of carbonyl (C=O) groups excluding carboxylic acids is 1. The van der Waals surface area contributed by atoms with Crippen LogP contribution in [0.5, 0.6) is 0 Å². The van der Waals surface area contributed by atoms with Crippen molar-refractivity contribution in [3.8, 4) is 6.07 Å². The molecule has 19 heavy (non-hydrogen) atoms. The standard InChI is InChI=1S/C13H10ClN3O2/c14-10-5-8(6-15)1-3-11(10)17-13(18)12-4-2-9(7-16)19-12/h1-5H,7,16H2,(H,17,18). The molecule has 0 spiro atoms. The number of hydrogen-bond donors (Lipinski definition) is 2. The summed E-state index contributed by atoms with van der Waals surface area (Å²) in [5.41, 5.74) is 6.23. The van der Waals surface area contributed by atoms with Crippen LogP contribution >= 0.6 is 11.6 Å². The van der Waals surface area contributed by atoms with E-state index in [1.807, 2.05) is 6.07 Å². The van der Waals surface area contributed by atoms with E-state index in [-0.39, 0.29) is 17.3 Å². The van der Waals surface area contributed by atoms with Crippen molar-refractivity contribution >= 4 is 23.2 Å². The molecule has 0 fully saturated rings. The van der Waals surface area contributed by atoms with E-state index in [9.17, 15) is 4.79 Å². The zero-order valence-corrected chi connectivity index (χ0v) is 10.6. The quantitative estimate of drug-likeness (QED) is 0.900. The number of nitrogens with one attached hydrogen (secondary N) is 1. The molecule has 96 valence electrons. The topological polar surface area (TPSA) is 92.0 Å². The minimum Gasteiger partial charge on any atom is -0.455 e. The third-order valence-corrected chi connectivity index (χ3v) is 2.75. The van der Waals surface area contributed by atoms with Crippen LogP contribution in [0.15, 0.2) is 34.7 Å². The summed E-state index contributed by atoms with van der Waals surface area (Å²) < 4.78 is 5.22. The summed E-state index contributed by atoms with van der Waals surface area (Å²) in [6, 6.07) is 9.73. The van der Waals surface area contributed by atoms with Gasteiger partial charge in [0.25, 0.3) is 5.91 Å². The van der Waals surface area contributed by atoms with Gasteiger partial charge in [-0.2, -0.15) is 5.26 Å². The Morgan fingerprint density at radius 3 is 2.79 bits per heavy atom. The monoisotopic (exact) mass is 275 g/mol. The normalized spacial score (nSPS) is 9.95. The molecule has 0 saturated heterocycles. The van der Waals surface area contributed by atoms with Gasteiger partial charge in [0.15, 0.2) is 5.76 Å². The van der Waals surface area contributed by atoms with Gasteiger partial charge in [-0.3, -0.25) is 4.79 Å². The average Bonchev–Trinajstić information content (AvgIpc) is 2.90. The Morgan fingerprint density at radius 2 is 2.21 bits per heavy atom. The minimum atomic E-state index is -0.425. The first-order chi connectivity index (χ1) is 9.13. The van der Waals surface area contributed by atoms with Crippen LogP contribution in [0.1, 0.15) is 21.9 Å². The van der Waals surface area contributed by atoms with Gasteiger partial charge >= 0.3 is 0 Å². The summed E-state index contributed by atoms with van der Waals surface area (Å²) in [5.74, 6) is 0.253. The van der Waals surface area contributed by atoms with Crippen molar-refractivity contribution in [3.05, 3.63) is 52.4 Å².